The summed E-state index contributed by atoms with van der Waals surface area (Å²) < 4.78 is 2.39. The molecule has 0 radical (unpaired) electrons. The minimum absolute atomic E-state index is 0.237. The highest BCUT2D eigenvalue weighted by molar-refractivity contribution is 14.1. The van der Waals surface area contributed by atoms with E-state index in [0.29, 0.717) is 37.5 Å². The SMILES string of the molecule is O=c1c2cc(I)ccc2nc(/C=C/c2ccc(Cl)cc2)n1-c1c(Cl)cccc1Cl. The van der Waals surface area contributed by atoms with Crippen molar-refractivity contribution in [1.82, 2.24) is 9.55 Å². The van der Waals surface area contributed by atoms with Crippen LogP contribution in [0.4, 0.5) is 0 Å². The number of aromatic nitrogens is 2. The molecule has 1 heterocycles. The fourth-order valence-corrected chi connectivity index (χ4v) is 4.13. The van der Waals surface area contributed by atoms with E-state index in [0.717, 1.165) is 9.13 Å². The highest BCUT2D eigenvalue weighted by Gasteiger charge is 2.16. The maximum atomic E-state index is 13.4. The second kappa shape index (κ2) is 8.48. The largest absolute Gasteiger partial charge is 0.268 e. The van der Waals surface area contributed by atoms with E-state index in [2.05, 4.69) is 22.6 Å². The van der Waals surface area contributed by atoms with Gasteiger partial charge in [-0.15, -0.1) is 0 Å². The van der Waals surface area contributed by atoms with Gasteiger partial charge in [-0.05, 0) is 76.7 Å². The Hall–Kier alpha value is -1.86. The van der Waals surface area contributed by atoms with Crippen LogP contribution in [0.2, 0.25) is 15.1 Å². The summed E-state index contributed by atoms with van der Waals surface area (Å²) in [4.78, 5) is 18.1. The fraction of sp³-hybridized carbons (Fsp3) is 0. The lowest BCUT2D eigenvalue weighted by atomic mass is 10.2. The molecule has 4 aromatic rings. The molecule has 0 saturated carbocycles. The molecule has 0 bridgehead atoms. The smallest absolute Gasteiger partial charge is 0.266 e. The zero-order chi connectivity index (χ0) is 20.5. The normalized spacial score (nSPS) is 11.4. The molecule has 0 saturated heterocycles. The van der Waals surface area contributed by atoms with Crippen molar-refractivity contribution in [3.8, 4) is 5.69 Å². The minimum Gasteiger partial charge on any atom is -0.268 e. The third-order valence-electron chi connectivity index (χ3n) is 4.31. The van der Waals surface area contributed by atoms with Gasteiger partial charge in [0.2, 0.25) is 0 Å². The molecule has 0 N–H and O–H groups in total. The van der Waals surface area contributed by atoms with Gasteiger partial charge in [0.1, 0.15) is 5.82 Å². The number of benzene rings is 3. The van der Waals surface area contributed by atoms with Gasteiger partial charge in [-0.25, -0.2) is 4.98 Å². The number of halogens is 4. The quantitative estimate of drug-likeness (QED) is 0.253. The lowest BCUT2D eigenvalue weighted by Gasteiger charge is -2.14. The van der Waals surface area contributed by atoms with E-state index in [9.17, 15) is 4.79 Å². The topological polar surface area (TPSA) is 34.9 Å². The van der Waals surface area contributed by atoms with E-state index in [1.165, 1.54) is 4.57 Å². The monoisotopic (exact) mass is 552 g/mol. The first-order valence-electron chi connectivity index (χ1n) is 8.54. The molecule has 0 fully saturated rings. The van der Waals surface area contributed by atoms with E-state index in [1.807, 2.05) is 30.3 Å². The number of rotatable bonds is 3. The molecule has 4 rings (SSSR count). The van der Waals surface area contributed by atoms with Crippen LogP contribution >= 0.6 is 57.4 Å². The van der Waals surface area contributed by atoms with Crippen LogP contribution in [-0.4, -0.2) is 9.55 Å². The lowest BCUT2D eigenvalue weighted by Crippen LogP contribution is -2.23. The van der Waals surface area contributed by atoms with E-state index in [4.69, 9.17) is 39.8 Å². The average Bonchev–Trinajstić information content (AvgIpc) is 2.70. The van der Waals surface area contributed by atoms with Crippen LogP contribution in [0.25, 0.3) is 28.7 Å². The van der Waals surface area contributed by atoms with Crippen molar-refractivity contribution in [1.29, 1.82) is 0 Å². The van der Waals surface area contributed by atoms with E-state index in [1.54, 1.807) is 42.5 Å². The van der Waals surface area contributed by atoms with Gasteiger partial charge in [0.25, 0.3) is 5.56 Å². The van der Waals surface area contributed by atoms with Gasteiger partial charge in [0.15, 0.2) is 0 Å². The Kier molecular flexibility index (Phi) is 5.97. The van der Waals surface area contributed by atoms with Gasteiger partial charge < -0.3 is 0 Å². The van der Waals surface area contributed by atoms with Crippen LogP contribution in [0.1, 0.15) is 11.4 Å². The Morgan fingerprint density at radius 2 is 1.59 bits per heavy atom. The average molecular weight is 554 g/mol. The summed E-state index contributed by atoms with van der Waals surface area (Å²) >= 11 is 20.9. The summed E-state index contributed by atoms with van der Waals surface area (Å²) in [6.07, 6.45) is 3.62. The molecule has 0 aliphatic heterocycles. The maximum absolute atomic E-state index is 13.4. The van der Waals surface area contributed by atoms with Crippen molar-refractivity contribution in [3.05, 3.63) is 101 Å². The number of fused-ring (bicyclic) bond motifs is 1. The van der Waals surface area contributed by atoms with Crippen LogP contribution in [0.15, 0.2) is 65.5 Å². The molecular weight excluding hydrogens is 542 g/mol. The molecule has 1 aromatic heterocycles. The molecule has 0 atom stereocenters. The third-order valence-corrected chi connectivity index (χ3v) is 5.85. The van der Waals surface area contributed by atoms with Gasteiger partial charge in [0.05, 0.1) is 26.6 Å². The Morgan fingerprint density at radius 3 is 2.28 bits per heavy atom. The summed E-state index contributed by atoms with van der Waals surface area (Å²) in [5.41, 5.74) is 1.69. The van der Waals surface area contributed by atoms with Crippen LogP contribution in [0.3, 0.4) is 0 Å². The Balaban J connectivity index is 2.00. The van der Waals surface area contributed by atoms with Crippen molar-refractivity contribution < 1.29 is 0 Å². The zero-order valence-corrected chi connectivity index (χ0v) is 19.2. The summed E-state index contributed by atoms with van der Waals surface area (Å²) in [7, 11) is 0. The molecular formula is C22H12Cl3IN2O. The molecule has 7 heteroatoms. The molecule has 29 heavy (non-hydrogen) atoms. The molecule has 3 aromatic carbocycles. The standard InChI is InChI=1S/C22H12Cl3IN2O/c23-14-7-4-13(5-8-14)6-11-20-27-19-10-9-15(26)12-16(19)22(29)28(20)21-17(24)2-1-3-18(21)25/h1-12H/b11-6+. The number of nitrogens with zero attached hydrogens (tertiary/aromatic N) is 2. The predicted octanol–water partition coefficient (Wildman–Crippen LogP) is 7.12. The van der Waals surface area contributed by atoms with Crippen molar-refractivity contribution in [2.75, 3.05) is 0 Å². The first kappa shape index (κ1) is 20.4. The van der Waals surface area contributed by atoms with E-state index >= 15 is 0 Å². The first-order valence-corrected chi connectivity index (χ1v) is 10.8. The molecule has 0 aliphatic carbocycles. The summed E-state index contributed by atoms with van der Waals surface area (Å²) in [6, 6.07) is 18.0. The van der Waals surface area contributed by atoms with Gasteiger partial charge in [-0.1, -0.05) is 59.1 Å². The van der Waals surface area contributed by atoms with Crippen molar-refractivity contribution >= 4 is 80.4 Å². The highest BCUT2D eigenvalue weighted by Crippen LogP contribution is 2.29. The van der Waals surface area contributed by atoms with Crippen molar-refractivity contribution in [2.45, 2.75) is 0 Å². The van der Waals surface area contributed by atoms with Crippen molar-refractivity contribution in [2.24, 2.45) is 0 Å². The van der Waals surface area contributed by atoms with E-state index in [-0.39, 0.29) is 5.56 Å². The van der Waals surface area contributed by atoms with Gasteiger partial charge in [0, 0.05) is 8.59 Å². The summed E-state index contributed by atoms with van der Waals surface area (Å²) in [6.45, 7) is 0. The minimum atomic E-state index is -0.237. The highest BCUT2D eigenvalue weighted by atomic mass is 127. The molecule has 144 valence electrons. The summed E-state index contributed by atoms with van der Waals surface area (Å²) in [5.74, 6) is 0.425. The lowest BCUT2D eigenvalue weighted by molar-refractivity contribution is 0.944. The van der Waals surface area contributed by atoms with Crippen LogP contribution < -0.4 is 5.56 Å². The Bertz CT molecular complexity index is 1290. The number of para-hydroxylation sites is 1. The third kappa shape index (κ3) is 4.21. The molecule has 3 nitrogen and oxygen atoms in total. The predicted molar refractivity (Wildman–Crippen MR) is 130 cm³/mol. The van der Waals surface area contributed by atoms with Gasteiger partial charge in [-0.3, -0.25) is 9.36 Å². The van der Waals surface area contributed by atoms with E-state index < -0.39 is 0 Å². The second-order valence-corrected chi connectivity index (χ2v) is 8.72. The molecule has 0 spiro atoms. The van der Waals surface area contributed by atoms with Crippen LogP contribution in [-0.2, 0) is 0 Å². The first-order chi connectivity index (χ1) is 13.9. The molecule has 0 unspecified atom stereocenters. The molecule has 0 amide bonds. The van der Waals surface area contributed by atoms with Crippen LogP contribution in [0.5, 0.6) is 0 Å². The second-order valence-electron chi connectivity index (χ2n) is 6.23. The van der Waals surface area contributed by atoms with Crippen LogP contribution in [0, 0.1) is 3.57 Å². The van der Waals surface area contributed by atoms with Gasteiger partial charge >= 0.3 is 0 Å². The van der Waals surface area contributed by atoms with Gasteiger partial charge in [-0.2, -0.15) is 0 Å². The zero-order valence-electron chi connectivity index (χ0n) is 14.7. The summed E-state index contributed by atoms with van der Waals surface area (Å²) in [5, 5.41) is 1.89. The Labute approximate surface area is 195 Å². The Morgan fingerprint density at radius 1 is 0.897 bits per heavy atom. The molecule has 0 aliphatic rings. The number of hydrogen-bond donors (Lipinski definition) is 0. The fourth-order valence-electron chi connectivity index (χ4n) is 2.95. The number of hydrogen-bond acceptors (Lipinski definition) is 2. The maximum Gasteiger partial charge on any atom is 0.266 e. The van der Waals surface area contributed by atoms with Crippen molar-refractivity contribution in [3.63, 3.8) is 0 Å².